The standard InChI is InChI=1S/C8H7BrO.H3N/c1-6(10)7-3-2-4-8(9)5-7;/h2-5H,1H3;1H3. The lowest BCUT2D eigenvalue weighted by molar-refractivity contribution is 0.101. The molecule has 1 aromatic rings. The Kier molecular flexibility index (Phi) is 4.00. The molecule has 0 bridgehead atoms. The summed E-state index contributed by atoms with van der Waals surface area (Å²) in [6, 6.07) is 7.35. The second-order valence-electron chi connectivity index (χ2n) is 2.07. The molecule has 0 aliphatic rings. The maximum atomic E-state index is 10.8. The van der Waals surface area contributed by atoms with Crippen LogP contribution < -0.4 is 6.15 Å². The fraction of sp³-hybridized carbons (Fsp3) is 0.125. The molecular formula is C8H10BrNO. The second kappa shape index (κ2) is 4.26. The molecule has 1 aromatic carbocycles. The van der Waals surface area contributed by atoms with Crippen molar-refractivity contribution in [2.24, 2.45) is 0 Å². The van der Waals surface area contributed by atoms with Gasteiger partial charge in [-0.2, -0.15) is 0 Å². The van der Waals surface area contributed by atoms with E-state index >= 15 is 0 Å². The molecule has 3 N–H and O–H groups in total. The highest BCUT2D eigenvalue weighted by atomic mass is 79.9. The third kappa shape index (κ3) is 2.82. The molecule has 0 aliphatic carbocycles. The first kappa shape index (κ1) is 10.3. The molecule has 3 heteroatoms. The molecule has 0 saturated carbocycles. The van der Waals surface area contributed by atoms with Crippen molar-refractivity contribution >= 4 is 21.7 Å². The number of halogens is 1. The van der Waals surface area contributed by atoms with E-state index in [1.54, 1.807) is 13.0 Å². The van der Waals surface area contributed by atoms with Crippen molar-refractivity contribution in [1.82, 2.24) is 6.15 Å². The molecule has 2 nitrogen and oxygen atoms in total. The minimum Gasteiger partial charge on any atom is -0.344 e. The summed E-state index contributed by atoms with van der Waals surface area (Å²) >= 11 is 3.28. The highest BCUT2D eigenvalue weighted by Gasteiger charge is 1.96. The van der Waals surface area contributed by atoms with Crippen LogP contribution in [-0.4, -0.2) is 5.78 Å². The van der Waals surface area contributed by atoms with Crippen LogP contribution >= 0.6 is 15.9 Å². The van der Waals surface area contributed by atoms with Crippen molar-refractivity contribution in [2.75, 3.05) is 0 Å². The van der Waals surface area contributed by atoms with Crippen LogP contribution in [0.2, 0.25) is 0 Å². The molecule has 0 radical (unpaired) electrons. The Morgan fingerprint density at radius 3 is 2.45 bits per heavy atom. The van der Waals surface area contributed by atoms with Crippen LogP contribution in [-0.2, 0) is 0 Å². The minimum absolute atomic E-state index is 0. The third-order valence-electron chi connectivity index (χ3n) is 1.23. The van der Waals surface area contributed by atoms with Gasteiger partial charge >= 0.3 is 0 Å². The van der Waals surface area contributed by atoms with Gasteiger partial charge in [-0.05, 0) is 19.1 Å². The van der Waals surface area contributed by atoms with Crippen molar-refractivity contribution in [2.45, 2.75) is 6.92 Å². The fourth-order valence-corrected chi connectivity index (χ4v) is 1.11. The van der Waals surface area contributed by atoms with E-state index in [0.29, 0.717) is 0 Å². The SMILES string of the molecule is CC(=O)c1cccc(Br)c1.N. The van der Waals surface area contributed by atoms with Gasteiger partial charge in [-0.3, -0.25) is 4.79 Å². The van der Waals surface area contributed by atoms with Crippen LogP contribution in [0.3, 0.4) is 0 Å². The largest absolute Gasteiger partial charge is 0.344 e. The number of hydrogen-bond acceptors (Lipinski definition) is 2. The van der Waals surface area contributed by atoms with Crippen LogP contribution in [0.5, 0.6) is 0 Å². The number of hydrogen-bond donors (Lipinski definition) is 1. The predicted octanol–water partition coefficient (Wildman–Crippen LogP) is 2.81. The summed E-state index contributed by atoms with van der Waals surface area (Å²) in [5.74, 6) is 0.0984. The number of Topliss-reactive ketones (excluding diaryl/α,β-unsaturated/α-hetero) is 1. The van der Waals surface area contributed by atoms with E-state index in [2.05, 4.69) is 15.9 Å². The van der Waals surface area contributed by atoms with Gasteiger partial charge in [-0.15, -0.1) is 0 Å². The van der Waals surface area contributed by atoms with E-state index in [4.69, 9.17) is 0 Å². The molecule has 60 valence electrons. The van der Waals surface area contributed by atoms with Gasteiger partial charge in [-0.25, -0.2) is 0 Å². The van der Waals surface area contributed by atoms with Crippen LogP contribution in [0.4, 0.5) is 0 Å². The highest BCUT2D eigenvalue weighted by molar-refractivity contribution is 9.10. The van der Waals surface area contributed by atoms with Gasteiger partial charge in [0.15, 0.2) is 5.78 Å². The second-order valence-corrected chi connectivity index (χ2v) is 2.98. The molecular weight excluding hydrogens is 206 g/mol. The fourth-order valence-electron chi connectivity index (χ4n) is 0.707. The molecule has 0 aliphatic heterocycles. The van der Waals surface area contributed by atoms with E-state index < -0.39 is 0 Å². The zero-order valence-electron chi connectivity index (χ0n) is 6.30. The van der Waals surface area contributed by atoms with E-state index in [1.165, 1.54) is 0 Å². The van der Waals surface area contributed by atoms with Crippen molar-refractivity contribution < 1.29 is 4.79 Å². The molecule has 0 unspecified atom stereocenters. The normalized spacial score (nSPS) is 8.55. The summed E-state index contributed by atoms with van der Waals surface area (Å²) in [6.45, 7) is 1.56. The summed E-state index contributed by atoms with van der Waals surface area (Å²) in [4.78, 5) is 10.8. The summed E-state index contributed by atoms with van der Waals surface area (Å²) in [5.41, 5.74) is 0.745. The average molecular weight is 216 g/mol. The number of rotatable bonds is 1. The van der Waals surface area contributed by atoms with Crippen molar-refractivity contribution in [3.05, 3.63) is 34.3 Å². The van der Waals surface area contributed by atoms with Gasteiger partial charge in [0.2, 0.25) is 0 Å². The molecule has 1 rings (SSSR count). The van der Waals surface area contributed by atoms with E-state index in [1.807, 2.05) is 18.2 Å². The molecule has 0 fully saturated rings. The highest BCUT2D eigenvalue weighted by Crippen LogP contribution is 2.11. The van der Waals surface area contributed by atoms with Crippen LogP contribution in [0.15, 0.2) is 28.7 Å². The Labute approximate surface area is 74.3 Å². The molecule has 11 heavy (non-hydrogen) atoms. The Balaban J connectivity index is 0.000001000. The average Bonchev–Trinajstić information content (AvgIpc) is 1.88. The first-order valence-electron chi connectivity index (χ1n) is 2.96. The summed E-state index contributed by atoms with van der Waals surface area (Å²) in [7, 11) is 0. The molecule has 0 spiro atoms. The lowest BCUT2D eigenvalue weighted by Crippen LogP contribution is -1.89. The number of carbonyl (C=O) groups excluding carboxylic acids is 1. The van der Waals surface area contributed by atoms with Gasteiger partial charge in [0.25, 0.3) is 0 Å². The molecule has 0 heterocycles. The van der Waals surface area contributed by atoms with Crippen molar-refractivity contribution in [1.29, 1.82) is 0 Å². The monoisotopic (exact) mass is 215 g/mol. The van der Waals surface area contributed by atoms with Gasteiger partial charge < -0.3 is 6.15 Å². The topological polar surface area (TPSA) is 52.1 Å². The van der Waals surface area contributed by atoms with Gasteiger partial charge in [0.1, 0.15) is 0 Å². The van der Waals surface area contributed by atoms with E-state index in [-0.39, 0.29) is 11.9 Å². The lowest BCUT2D eigenvalue weighted by atomic mass is 10.2. The zero-order chi connectivity index (χ0) is 7.56. The Bertz CT molecular complexity index is 260. The van der Waals surface area contributed by atoms with Crippen LogP contribution in [0.1, 0.15) is 17.3 Å². The van der Waals surface area contributed by atoms with Crippen LogP contribution in [0.25, 0.3) is 0 Å². The Hall–Kier alpha value is -0.670. The van der Waals surface area contributed by atoms with Gasteiger partial charge in [0, 0.05) is 10.0 Å². The maximum absolute atomic E-state index is 10.8. The maximum Gasteiger partial charge on any atom is 0.159 e. The first-order valence-corrected chi connectivity index (χ1v) is 3.76. The van der Waals surface area contributed by atoms with Crippen molar-refractivity contribution in [3.8, 4) is 0 Å². The minimum atomic E-state index is 0. The number of carbonyl (C=O) groups is 1. The third-order valence-corrected chi connectivity index (χ3v) is 1.72. The zero-order valence-corrected chi connectivity index (χ0v) is 7.89. The van der Waals surface area contributed by atoms with Gasteiger partial charge in [-0.1, -0.05) is 28.1 Å². The van der Waals surface area contributed by atoms with Gasteiger partial charge in [0.05, 0.1) is 0 Å². The summed E-state index contributed by atoms with van der Waals surface area (Å²) in [6.07, 6.45) is 0. The summed E-state index contributed by atoms with van der Waals surface area (Å²) < 4.78 is 0.945. The van der Waals surface area contributed by atoms with Crippen LogP contribution in [0, 0.1) is 0 Å². The Morgan fingerprint density at radius 2 is 2.09 bits per heavy atom. The van der Waals surface area contributed by atoms with Crippen molar-refractivity contribution in [3.63, 3.8) is 0 Å². The predicted molar refractivity (Wildman–Crippen MR) is 49.2 cm³/mol. The molecule has 0 aromatic heterocycles. The first-order chi connectivity index (χ1) is 4.70. The smallest absolute Gasteiger partial charge is 0.159 e. The Morgan fingerprint density at radius 1 is 1.45 bits per heavy atom. The lowest BCUT2D eigenvalue weighted by Gasteiger charge is -1.93. The van der Waals surface area contributed by atoms with E-state index in [9.17, 15) is 4.79 Å². The molecule has 0 atom stereocenters. The molecule has 0 saturated heterocycles. The molecule has 0 amide bonds. The summed E-state index contributed by atoms with van der Waals surface area (Å²) in [5, 5.41) is 0. The van der Waals surface area contributed by atoms with E-state index in [0.717, 1.165) is 10.0 Å². The quantitative estimate of drug-likeness (QED) is 0.733. The number of ketones is 1. The number of benzene rings is 1.